The second-order valence-electron chi connectivity index (χ2n) is 4.16. The van der Waals surface area contributed by atoms with Gasteiger partial charge in [0.2, 0.25) is 11.8 Å². The normalized spacial score (nSPS) is 11.3. The maximum Gasteiger partial charge on any atom is 0.244 e. The van der Waals surface area contributed by atoms with Crippen molar-refractivity contribution in [3.8, 4) is 11.8 Å². The Balaban J connectivity index is 2.58. The van der Waals surface area contributed by atoms with E-state index in [1.54, 1.807) is 7.11 Å². The van der Waals surface area contributed by atoms with E-state index >= 15 is 0 Å². The zero-order valence-electron chi connectivity index (χ0n) is 10.7. The third kappa shape index (κ3) is 3.74. The van der Waals surface area contributed by atoms with E-state index in [1.165, 1.54) is 13.4 Å². The van der Waals surface area contributed by atoms with E-state index in [9.17, 15) is 0 Å². The highest BCUT2D eigenvalue weighted by Gasteiger charge is 2.17. The fourth-order valence-electron chi connectivity index (χ4n) is 1.14. The highest BCUT2D eigenvalue weighted by molar-refractivity contribution is 5.55. The fraction of sp³-hybridized carbons (Fsp3) is 0.636. The summed E-state index contributed by atoms with van der Waals surface area (Å²) in [7, 11) is 3.17. The predicted molar refractivity (Wildman–Crippen MR) is 64.2 cm³/mol. The molecule has 2 N–H and O–H groups in total. The van der Waals surface area contributed by atoms with E-state index in [0.29, 0.717) is 24.1 Å². The number of ether oxygens (including phenoxy) is 3. The molecule has 6 nitrogen and oxygen atoms in total. The predicted octanol–water partition coefficient (Wildman–Crippen LogP) is 1.26. The summed E-state index contributed by atoms with van der Waals surface area (Å²) in [6.45, 7) is 4.44. The summed E-state index contributed by atoms with van der Waals surface area (Å²) in [5.41, 5.74) is 5.85. The molecule has 0 fully saturated rings. The average Bonchev–Trinajstić information content (AvgIpc) is 2.31. The van der Waals surface area contributed by atoms with Crippen molar-refractivity contribution in [2.24, 2.45) is 0 Å². The molecule has 0 unspecified atom stereocenters. The van der Waals surface area contributed by atoms with Gasteiger partial charge in [0.15, 0.2) is 5.69 Å². The lowest BCUT2D eigenvalue weighted by atomic mass is 10.1. The van der Waals surface area contributed by atoms with Gasteiger partial charge < -0.3 is 19.9 Å². The van der Waals surface area contributed by atoms with Gasteiger partial charge in [0.1, 0.15) is 6.33 Å². The maximum absolute atomic E-state index is 5.77. The molecule has 0 saturated carbocycles. The second kappa shape index (κ2) is 5.67. The molecule has 0 amide bonds. The highest BCUT2D eigenvalue weighted by atomic mass is 16.5. The smallest absolute Gasteiger partial charge is 0.244 e. The molecule has 1 rings (SSSR count). The van der Waals surface area contributed by atoms with E-state index in [-0.39, 0.29) is 5.60 Å². The van der Waals surface area contributed by atoms with Crippen molar-refractivity contribution in [3.05, 3.63) is 6.33 Å². The zero-order valence-corrected chi connectivity index (χ0v) is 10.7. The van der Waals surface area contributed by atoms with Crippen LogP contribution in [0.15, 0.2) is 6.33 Å². The van der Waals surface area contributed by atoms with E-state index in [1.807, 2.05) is 13.8 Å². The van der Waals surface area contributed by atoms with Crippen LogP contribution in [-0.2, 0) is 4.74 Å². The molecule has 96 valence electrons. The molecule has 1 aromatic heterocycles. The molecule has 0 aliphatic carbocycles. The van der Waals surface area contributed by atoms with Gasteiger partial charge in [-0.2, -0.15) is 9.97 Å². The Labute approximate surface area is 101 Å². The van der Waals surface area contributed by atoms with Crippen LogP contribution in [0.3, 0.4) is 0 Å². The average molecular weight is 241 g/mol. The Kier molecular flexibility index (Phi) is 4.51. The first-order chi connectivity index (χ1) is 8.00. The summed E-state index contributed by atoms with van der Waals surface area (Å²) in [5, 5.41) is 0. The van der Waals surface area contributed by atoms with Gasteiger partial charge in [0.25, 0.3) is 0 Å². The molecule has 0 radical (unpaired) electrons. The first-order valence-corrected chi connectivity index (χ1v) is 5.32. The Morgan fingerprint density at radius 2 is 1.88 bits per heavy atom. The molecule has 17 heavy (non-hydrogen) atoms. The molecule has 0 atom stereocenters. The van der Waals surface area contributed by atoms with Crippen molar-refractivity contribution in [2.45, 2.75) is 25.9 Å². The Morgan fingerprint density at radius 1 is 1.24 bits per heavy atom. The molecule has 0 aromatic carbocycles. The van der Waals surface area contributed by atoms with Crippen LogP contribution in [0.1, 0.15) is 20.3 Å². The maximum atomic E-state index is 5.77. The SMILES string of the molecule is COc1ncnc(OCCC(C)(C)OC)c1N. The largest absolute Gasteiger partial charge is 0.479 e. The second-order valence-corrected chi connectivity index (χ2v) is 4.16. The van der Waals surface area contributed by atoms with Crippen LogP contribution in [0.4, 0.5) is 5.69 Å². The van der Waals surface area contributed by atoms with E-state index in [2.05, 4.69) is 9.97 Å². The van der Waals surface area contributed by atoms with Crippen molar-refractivity contribution in [1.82, 2.24) is 9.97 Å². The van der Waals surface area contributed by atoms with Crippen LogP contribution in [0.2, 0.25) is 0 Å². The van der Waals surface area contributed by atoms with Gasteiger partial charge >= 0.3 is 0 Å². The standard InChI is InChI=1S/C11H19N3O3/c1-11(2,16-4)5-6-17-10-8(12)9(15-3)13-7-14-10/h7H,5-6,12H2,1-4H3. The molecule has 0 saturated heterocycles. The van der Waals surface area contributed by atoms with Crippen LogP contribution in [-0.4, -0.2) is 36.4 Å². The lowest BCUT2D eigenvalue weighted by Gasteiger charge is -2.22. The summed E-state index contributed by atoms with van der Waals surface area (Å²) in [6, 6.07) is 0. The lowest BCUT2D eigenvalue weighted by Crippen LogP contribution is -2.25. The summed E-state index contributed by atoms with van der Waals surface area (Å²) in [4.78, 5) is 7.82. The van der Waals surface area contributed by atoms with Gasteiger partial charge in [-0.15, -0.1) is 0 Å². The monoisotopic (exact) mass is 241 g/mol. The van der Waals surface area contributed by atoms with Crippen LogP contribution in [0.25, 0.3) is 0 Å². The topological polar surface area (TPSA) is 79.5 Å². The number of methoxy groups -OCH3 is 2. The van der Waals surface area contributed by atoms with Gasteiger partial charge in [-0.1, -0.05) is 0 Å². The number of hydrogen-bond acceptors (Lipinski definition) is 6. The number of nitrogen functional groups attached to an aromatic ring is 1. The van der Waals surface area contributed by atoms with E-state index < -0.39 is 0 Å². The summed E-state index contributed by atoms with van der Waals surface area (Å²) in [5.74, 6) is 0.657. The first-order valence-electron chi connectivity index (χ1n) is 5.32. The minimum absolute atomic E-state index is 0.230. The Morgan fingerprint density at radius 3 is 2.47 bits per heavy atom. The number of hydrogen-bond donors (Lipinski definition) is 1. The van der Waals surface area contributed by atoms with Crippen LogP contribution >= 0.6 is 0 Å². The molecule has 6 heteroatoms. The summed E-state index contributed by atoms with van der Waals surface area (Å²) in [6.07, 6.45) is 2.08. The molecule has 0 spiro atoms. The number of rotatable bonds is 6. The summed E-state index contributed by atoms with van der Waals surface area (Å²) < 4.78 is 15.7. The third-order valence-corrected chi connectivity index (χ3v) is 2.50. The van der Waals surface area contributed by atoms with Gasteiger partial charge in [-0.3, -0.25) is 0 Å². The minimum Gasteiger partial charge on any atom is -0.479 e. The lowest BCUT2D eigenvalue weighted by molar-refractivity contribution is 0.00513. The Hall–Kier alpha value is -1.56. The van der Waals surface area contributed by atoms with E-state index in [0.717, 1.165) is 6.42 Å². The van der Waals surface area contributed by atoms with Gasteiger partial charge in [0, 0.05) is 13.5 Å². The van der Waals surface area contributed by atoms with Crippen molar-refractivity contribution in [2.75, 3.05) is 26.6 Å². The van der Waals surface area contributed by atoms with Crippen molar-refractivity contribution in [3.63, 3.8) is 0 Å². The molecule has 0 bridgehead atoms. The van der Waals surface area contributed by atoms with Gasteiger partial charge in [-0.25, -0.2) is 0 Å². The van der Waals surface area contributed by atoms with Gasteiger partial charge in [-0.05, 0) is 13.8 Å². The van der Waals surface area contributed by atoms with Crippen LogP contribution < -0.4 is 15.2 Å². The third-order valence-electron chi connectivity index (χ3n) is 2.50. The van der Waals surface area contributed by atoms with Crippen molar-refractivity contribution >= 4 is 5.69 Å². The minimum atomic E-state index is -0.230. The summed E-state index contributed by atoms with van der Waals surface area (Å²) >= 11 is 0. The molecule has 1 aromatic rings. The molecule has 0 aliphatic heterocycles. The fourth-order valence-corrected chi connectivity index (χ4v) is 1.14. The number of nitrogens with two attached hydrogens (primary N) is 1. The van der Waals surface area contributed by atoms with Crippen LogP contribution in [0, 0.1) is 0 Å². The van der Waals surface area contributed by atoms with Crippen LogP contribution in [0.5, 0.6) is 11.8 Å². The van der Waals surface area contributed by atoms with Crippen molar-refractivity contribution in [1.29, 1.82) is 0 Å². The number of nitrogens with zero attached hydrogens (tertiary/aromatic N) is 2. The molecular weight excluding hydrogens is 222 g/mol. The van der Waals surface area contributed by atoms with E-state index in [4.69, 9.17) is 19.9 Å². The van der Waals surface area contributed by atoms with Crippen molar-refractivity contribution < 1.29 is 14.2 Å². The number of anilines is 1. The highest BCUT2D eigenvalue weighted by Crippen LogP contribution is 2.26. The number of aromatic nitrogens is 2. The first kappa shape index (κ1) is 13.5. The zero-order chi connectivity index (χ0) is 12.9. The Bertz CT molecular complexity index is 369. The molecular formula is C11H19N3O3. The molecule has 0 aliphatic rings. The van der Waals surface area contributed by atoms with Gasteiger partial charge in [0.05, 0.1) is 19.3 Å². The quantitative estimate of drug-likeness (QED) is 0.807. The molecule has 1 heterocycles.